The minimum Gasteiger partial charge on any atom is -0.355 e. The number of aryl methyl sites for hydroxylation is 1. The van der Waals surface area contributed by atoms with Crippen molar-refractivity contribution in [2.45, 2.75) is 6.92 Å². The molecule has 4 aromatic rings. The topological polar surface area (TPSA) is 58.2 Å². The Hall–Kier alpha value is -4.18. The van der Waals surface area contributed by atoms with E-state index in [1.807, 2.05) is 73.7 Å². The van der Waals surface area contributed by atoms with Crippen LogP contribution < -0.4 is 10.6 Å². The summed E-state index contributed by atoms with van der Waals surface area (Å²) in [5.41, 5.74) is 5.70. The minimum absolute atomic E-state index is 0.155. The van der Waals surface area contributed by atoms with Crippen molar-refractivity contribution in [3.8, 4) is 0 Å². The fourth-order valence-electron chi connectivity index (χ4n) is 3.97. The van der Waals surface area contributed by atoms with Crippen LogP contribution in [0.4, 0.5) is 22.7 Å². The highest BCUT2D eigenvalue weighted by Gasteiger charge is 2.34. The Labute approximate surface area is 180 Å². The van der Waals surface area contributed by atoms with E-state index < -0.39 is 0 Å². The van der Waals surface area contributed by atoms with Gasteiger partial charge >= 0.3 is 0 Å². The molecule has 0 unspecified atom stereocenters. The highest BCUT2D eigenvalue weighted by molar-refractivity contribution is 6.32. The average molecular weight is 404 g/mol. The molecule has 31 heavy (non-hydrogen) atoms. The van der Waals surface area contributed by atoms with Crippen LogP contribution in [0.2, 0.25) is 0 Å². The Morgan fingerprint density at radius 1 is 0.516 bits per heavy atom. The van der Waals surface area contributed by atoms with Crippen LogP contribution in [0.1, 0.15) is 37.4 Å². The normalized spacial score (nSPS) is 12.2. The van der Waals surface area contributed by atoms with Crippen molar-refractivity contribution in [1.29, 1.82) is 0 Å². The van der Waals surface area contributed by atoms with E-state index in [-0.39, 0.29) is 11.6 Å². The van der Waals surface area contributed by atoms with Crippen molar-refractivity contribution in [2.24, 2.45) is 0 Å². The van der Waals surface area contributed by atoms with E-state index in [9.17, 15) is 9.59 Å². The molecule has 2 N–H and O–H groups in total. The van der Waals surface area contributed by atoms with Crippen LogP contribution in [-0.4, -0.2) is 11.6 Å². The summed E-state index contributed by atoms with van der Waals surface area (Å²) in [5.74, 6) is -0.310. The first-order valence-electron chi connectivity index (χ1n) is 10.1. The lowest BCUT2D eigenvalue weighted by atomic mass is 9.82. The lowest BCUT2D eigenvalue weighted by Gasteiger charge is -2.24. The molecule has 0 aliphatic heterocycles. The van der Waals surface area contributed by atoms with Crippen molar-refractivity contribution in [3.05, 3.63) is 119 Å². The van der Waals surface area contributed by atoms with Crippen molar-refractivity contribution >= 4 is 34.3 Å². The maximum Gasteiger partial charge on any atom is 0.196 e. The molecule has 1 aliphatic rings. The molecule has 0 bridgehead atoms. The second-order valence-corrected chi connectivity index (χ2v) is 7.55. The number of benzene rings is 4. The number of anilines is 4. The Balaban J connectivity index is 1.69. The molecule has 0 saturated carbocycles. The highest BCUT2D eigenvalue weighted by Crippen LogP contribution is 2.38. The standard InChI is InChI=1S/C27H20N2O2/c1-17-9-5-8-14-21(17)29-23-16-15-22(28-18-10-3-2-4-11-18)24-25(23)27(31)20-13-7-6-12-19(20)26(24)30/h2-16,28-29H,1H3. The zero-order valence-electron chi connectivity index (χ0n) is 17.0. The van der Waals surface area contributed by atoms with Gasteiger partial charge in [-0.15, -0.1) is 0 Å². The smallest absolute Gasteiger partial charge is 0.196 e. The average Bonchev–Trinajstić information content (AvgIpc) is 2.80. The number of nitrogens with one attached hydrogen (secondary N) is 2. The van der Waals surface area contributed by atoms with E-state index in [4.69, 9.17) is 0 Å². The van der Waals surface area contributed by atoms with Gasteiger partial charge in [0.1, 0.15) is 0 Å². The molecule has 0 heterocycles. The molecule has 0 aromatic heterocycles. The van der Waals surface area contributed by atoms with Crippen LogP contribution in [0.15, 0.2) is 91.0 Å². The molecular formula is C27H20N2O2. The van der Waals surface area contributed by atoms with Crippen molar-refractivity contribution < 1.29 is 9.59 Å². The van der Waals surface area contributed by atoms with Gasteiger partial charge in [-0.3, -0.25) is 9.59 Å². The Kier molecular flexibility index (Phi) is 4.60. The molecule has 0 atom stereocenters. The van der Waals surface area contributed by atoms with Gasteiger partial charge in [0.25, 0.3) is 0 Å². The van der Waals surface area contributed by atoms with E-state index in [1.165, 1.54) is 0 Å². The zero-order valence-corrected chi connectivity index (χ0v) is 17.0. The number of rotatable bonds is 4. The van der Waals surface area contributed by atoms with E-state index in [2.05, 4.69) is 10.6 Å². The molecule has 0 amide bonds. The quantitative estimate of drug-likeness (QED) is 0.371. The molecule has 0 radical (unpaired) electrons. The maximum absolute atomic E-state index is 13.5. The molecule has 150 valence electrons. The number of carbonyl (C=O) groups excluding carboxylic acids is 2. The first kappa shape index (κ1) is 18.8. The first-order valence-corrected chi connectivity index (χ1v) is 10.1. The summed E-state index contributed by atoms with van der Waals surface area (Å²) < 4.78 is 0. The van der Waals surface area contributed by atoms with Gasteiger partial charge in [-0.2, -0.15) is 0 Å². The first-order chi connectivity index (χ1) is 15.1. The predicted octanol–water partition coefficient (Wildman–Crippen LogP) is 6.26. The Morgan fingerprint density at radius 2 is 1.03 bits per heavy atom. The van der Waals surface area contributed by atoms with E-state index in [0.29, 0.717) is 33.6 Å². The maximum atomic E-state index is 13.5. The summed E-state index contributed by atoms with van der Waals surface area (Å²) in [6.07, 6.45) is 0. The van der Waals surface area contributed by atoms with Crippen molar-refractivity contribution in [2.75, 3.05) is 10.6 Å². The van der Waals surface area contributed by atoms with Crippen molar-refractivity contribution in [1.82, 2.24) is 0 Å². The number of para-hydroxylation sites is 2. The lowest BCUT2D eigenvalue weighted by molar-refractivity contribution is 0.0980. The van der Waals surface area contributed by atoms with Crippen LogP contribution in [0.25, 0.3) is 0 Å². The summed E-state index contributed by atoms with van der Waals surface area (Å²) in [6, 6.07) is 28.2. The monoisotopic (exact) mass is 404 g/mol. The Bertz CT molecular complexity index is 1330. The van der Waals surface area contributed by atoms with E-state index in [1.54, 1.807) is 24.3 Å². The van der Waals surface area contributed by atoms with E-state index >= 15 is 0 Å². The number of hydrogen-bond acceptors (Lipinski definition) is 4. The largest absolute Gasteiger partial charge is 0.355 e. The van der Waals surface area contributed by atoms with Crippen LogP contribution in [0.5, 0.6) is 0 Å². The molecule has 5 rings (SSSR count). The van der Waals surface area contributed by atoms with Crippen molar-refractivity contribution in [3.63, 3.8) is 0 Å². The fourth-order valence-corrected chi connectivity index (χ4v) is 3.97. The van der Waals surface area contributed by atoms with Gasteiger partial charge in [-0.25, -0.2) is 0 Å². The minimum atomic E-state index is -0.155. The van der Waals surface area contributed by atoms with Gasteiger partial charge in [0, 0.05) is 22.5 Å². The lowest BCUT2D eigenvalue weighted by Crippen LogP contribution is -2.23. The second-order valence-electron chi connectivity index (χ2n) is 7.55. The third-order valence-corrected chi connectivity index (χ3v) is 5.54. The number of hydrogen-bond donors (Lipinski definition) is 2. The second kappa shape index (κ2) is 7.58. The van der Waals surface area contributed by atoms with Crippen LogP contribution >= 0.6 is 0 Å². The molecule has 1 aliphatic carbocycles. The van der Waals surface area contributed by atoms with Crippen LogP contribution in [-0.2, 0) is 0 Å². The summed E-state index contributed by atoms with van der Waals surface area (Å²) in [7, 11) is 0. The molecule has 4 aromatic carbocycles. The SMILES string of the molecule is Cc1ccccc1Nc1ccc(Nc2ccccc2)c2c1C(=O)c1ccccc1C2=O. The van der Waals surface area contributed by atoms with Gasteiger partial charge in [0.2, 0.25) is 0 Å². The third kappa shape index (κ3) is 3.28. The summed E-state index contributed by atoms with van der Waals surface area (Å²) >= 11 is 0. The molecule has 4 nitrogen and oxygen atoms in total. The summed E-state index contributed by atoms with van der Waals surface area (Å²) in [5, 5.41) is 6.69. The third-order valence-electron chi connectivity index (χ3n) is 5.54. The van der Waals surface area contributed by atoms with Gasteiger partial charge in [0.05, 0.1) is 22.5 Å². The number of fused-ring (bicyclic) bond motifs is 2. The highest BCUT2D eigenvalue weighted by atomic mass is 16.1. The molecule has 0 fully saturated rings. The predicted molar refractivity (Wildman–Crippen MR) is 124 cm³/mol. The zero-order chi connectivity index (χ0) is 21.4. The molecule has 4 heteroatoms. The summed E-state index contributed by atoms with van der Waals surface area (Å²) in [6.45, 7) is 2.00. The van der Waals surface area contributed by atoms with Gasteiger partial charge in [-0.05, 0) is 42.8 Å². The van der Waals surface area contributed by atoms with Gasteiger partial charge in [0.15, 0.2) is 11.6 Å². The molecule has 0 saturated heterocycles. The van der Waals surface area contributed by atoms with Gasteiger partial charge in [-0.1, -0.05) is 60.7 Å². The van der Waals surface area contributed by atoms with Crippen LogP contribution in [0, 0.1) is 6.92 Å². The fraction of sp³-hybridized carbons (Fsp3) is 0.0370. The molecule has 0 spiro atoms. The summed E-state index contributed by atoms with van der Waals surface area (Å²) in [4.78, 5) is 27.1. The number of carbonyl (C=O) groups is 2. The molecular weight excluding hydrogens is 384 g/mol. The van der Waals surface area contributed by atoms with Gasteiger partial charge < -0.3 is 10.6 Å². The Morgan fingerprint density at radius 3 is 1.65 bits per heavy atom. The van der Waals surface area contributed by atoms with E-state index in [0.717, 1.165) is 16.9 Å². The van der Waals surface area contributed by atoms with Crippen LogP contribution in [0.3, 0.4) is 0 Å². The number of ketones is 2.